The van der Waals surface area contributed by atoms with Gasteiger partial charge in [-0.3, -0.25) is 0 Å². The quantitative estimate of drug-likeness (QED) is 0.820. The van der Waals surface area contributed by atoms with Crippen molar-refractivity contribution in [1.82, 2.24) is 9.97 Å². The minimum atomic E-state index is -2.60. The predicted octanol–water partition coefficient (Wildman–Crippen LogP) is 0.747. The molecule has 2 atom stereocenters. The molecule has 1 N–H and O–H groups in total. The van der Waals surface area contributed by atoms with Gasteiger partial charge in [0, 0.05) is 0 Å². The lowest BCUT2D eigenvalue weighted by atomic mass is 9.86. The van der Waals surface area contributed by atoms with Crippen LogP contribution in [-0.2, 0) is 15.1 Å². The molecule has 2 unspecified atom stereocenters. The van der Waals surface area contributed by atoms with Gasteiger partial charge in [-0.25, -0.2) is 9.18 Å². The Morgan fingerprint density at radius 1 is 1.24 bits per heavy atom. The van der Waals surface area contributed by atoms with E-state index in [0.717, 1.165) is 7.11 Å². The van der Waals surface area contributed by atoms with Crippen molar-refractivity contribution in [3.8, 4) is 11.8 Å². The predicted molar refractivity (Wildman–Crippen MR) is 68.7 cm³/mol. The second-order valence-electron chi connectivity index (χ2n) is 4.78. The van der Waals surface area contributed by atoms with Crippen molar-refractivity contribution >= 4 is 5.97 Å². The molecule has 1 aliphatic rings. The third-order valence-corrected chi connectivity index (χ3v) is 3.69. The van der Waals surface area contributed by atoms with E-state index in [9.17, 15) is 9.90 Å². The van der Waals surface area contributed by atoms with Crippen LogP contribution in [0.4, 0.5) is 4.39 Å². The number of carbonyl (C=O) groups is 1. The Morgan fingerprint density at radius 2 is 1.81 bits per heavy atom. The average Bonchev–Trinajstić information content (AvgIpc) is 2.83. The van der Waals surface area contributed by atoms with E-state index < -0.39 is 17.2 Å². The fourth-order valence-corrected chi connectivity index (χ4v) is 2.51. The highest BCUT2D eigenvalue weighted by Gasteiger charge is 2.64. The zero-order valence-corrected chi connectivity index (χ0v) is 12.1. The van der Waals surface area contributed by atoms with Crippen LogP contribution in [-0.4, -0.2) is 48.0 Å². The molecule has 0 aliphatic heterocycles. The molecule has 1 saturated carbocycles. The maximum Gasteiger partial charge on any atom is 0.347 e. The average molecular weight is 300 g/mol. The molecule has 1 aromatic heterocycles. The molecule has 7 nitrogen and oxygen atoms in total. The lowest BCUT2D eigenvalue weighted by Gasteiger charge is -2.32. The van der Waals surface area contributed by atoms with Crippen LogP contribution in [0.1, 0.15) is 25.1 Å². The van der Waals surface area contributed by atoms with E-state index in [1.165, 1.54) is 20.3 Å². The fraction of sp³-hybridized carbons (Fsp3) is 0.615. The number of alkyl halides is 1. The number of carbonyl (C=O) groups excluding carboxylic acids is 1. The summed E-state index contributed by atoms with van der Waals surface area (Å²) in [4.78, 5) is 19.7. The molecule has 0 radical (unpaired) electrons. The molecule has 8 heteroatoms. The second kappa shape index (κ2) is 5.44. The molecule has 1 fully saturated rings. The SMILES string of the molecule is COC(=O)C1(F)CCCC1(O)c1nc(OC)cc(OC)n1. The standard InChI is InChI=1S/C13H17FN2O5/c1-19-8-7-9(20-2)16-10(15-8)13(18)6-4-5-12(13,14)11(17)21-3/h7,18H,4-6H2,1-3H3. The summed E-state index contributed by atoms with van der Waals surface area (Å²) < 4.78 is 29.5. The summed E-state index contributed by atoms with van der Waals surface area (Å²) in [5.74, 6) is -1.20. The summed E-state index contributed by atoms with van der Waals surface area (Å²) in [6.45, 7) is 0. The first-order valence-corrected chi connectivity index (χ1v) is 6.38. The van der Waals surface area contributed by atoms with Crippen LogP contribution in [0, 0.1) is 0 Å². The van der Waals surface area contributed by atoms with Crippen molar-refractivity contribution in [1.29, 1.82) is 0 Å². The maximum absolute atomic E-state index is 15.0. The van der Waals surface area contributed by atoms with Gasteiger partial charge < -0.3 is 19.3 Å². The second-order valence-corrected chi connectivity index (χ2v) is 4.78. The summed E-state index contributed by atoms with van der Waals surface area (Å²) >= 11 is 0. The van der Waals surface area contributed by atoms with E-state index in [1.807, 2.05) is 0 Å². The Bertz CT molecular complexity index is 533. The zero-order chi connectivity index (χ0) is 15.7. The fourth-order valence-electron chi connectivity index (χ4n) is 2.51. The molecular weight excluding hydrogens is 283 g/mol. The summed E-state index contributed by atoms with van der Waals surface area (Å²) in [6, 6.07) is 1.39. The third-order valence-electron chi connectivity index (χ3n) is 3.69. The summed E-state index contributed by atoms with van der Waals surface area (Å²) in [6.07, 6.45) is 0.124. The van der Waals surface area contributed by atoms with E-state index in [0.29, 0.717) is 6.42 Å². The number of esters is 1. The maximum atomic E-state index is 15.0. The number of aromatic nitrogens is 2. The number of halogens is 1. The van der Waals surface area contributed by atoms with Crippen molar-refractivity contribution in [3.05, 3.63) is 11.9 Å². The first-order valence-electron chi connectivity index (χ1n) is 6.38. The van der Waals surface area contributed by atoms with Crippen molar-refractivity contribution in [2.45, 2.75) is 30.5 Å². The van der Waals surface area contributed by atoms with Crippen molar-refractivity contribution in [2.24, 2.45) is 0 Å². The highest BCUT2D eigenvalue weighted by Crippen LogP contribution is 2.49. The molecule has 2 rings (SSSR count). The molecule has 1 heterocycles. The van der Waals surface area contributed by atoms with Crippen LogP contribution in [0.25, 0.3) is 0 Å². The zero-order valence-electron chi connectivity index (χ0n) is 12.1. The summed E-state index contributed by atoms with van der Waals surface area (Å²) in [5, 5.41) is 10.7. The number of methoxy groups -OCH3 is 3. The molecule has 0 amide bonds. The minimum Gasteiger partial charge on any atom is -0.481 e. The van der Waals surface area contributed by atoms with E-state index in [2.05, 4.69) is 14.7 Å². The van der Waals surface area contributed by atoms with Crippen LogP contribution in [0.15, 0.2) is 6.07 Å². The largest absolute Gasteiger partial charge is 0.481 e. The number of aliphatic hydroxyl groups is 1. The molecule has 21 heavy (non-hydrogen) atoms. The minimum absolute atomic E-state index is 0.00504. The first kappa shape index (κ1) is 15.4. The molecule has 1 aromatic rings. The van der Waals surface area contributed by atoms with Gasteiger partial charge in [-0.2, -0.15) is 9.97 Å². The lowest BCUT2D eigenvalue weighted by Crippen LogP contribution is -2.51. The molecule has 0 saturated heterocycles. The van der Waals surface area contributed by atoms with Gasteiger partial charge in [-0.1, -0.05) is 0 Å². The van der Waals surface area contributed by atoms with E-state index >= 15 is 4.39 Å². The van der Waals surface area contributed by atoms with Gasteiger partial charge in [0.1, 0.15) is 0 Å². The highest BCUT2D eigenvalue weighted by molar-refractivity contribution is 5.81. The summed E-state index contributed by atoms with van der Waals surface area (Å²) in [5.41, 5.74) is -4.78. The Morgan fingerprint density at radius 3 is 2.29 bits per heavy atom. The van der Waals surface area contributed by atoms with Crippen LogP contribution >= 0.6 is 0 Å². The van der Waals surface area contributed by atoms with Gasteiger partial charge in [-0.05, 0) is 19.3 Å². The van der Waals surface area contributed by atoms with Crippen LogP contribution < -0.4 is 9.47 Å². The van der Waals surface area contributed by atoms with Crippen molar-refractivity contribution < 1.29 is 28.5 Å². The van der Waals surface area contributed by atoms with Gasteiger partial charge in [0.25, 0.3) is 0 Å². The number of ether oxygens (including phenoxy) is 3. The van der Waals surface area contributed by atoms with Crippen LogP contribution in [0.2, 0.25) is 0 Å². The van der Waals surface area contributed by atoms with Gasteiger partial charge in [0.05, 0.1) is 27.4 Å². The molecule has 0 bridgehead atoms. The van der Waals surface area contributed by atoms with Gasteiger partial charge in [0.2, 0.25) is 17.4 Å². The van der Waals surface area contributed by atoms with Gasteiger partial charge in [-0.15, -0.1) is 0 Å². The number of hydrogen-bond acceptors (Lipinski definition) is 7. The van der Waals surface area contributed by atoms with Crippen molar-refractivity contribution in [2.75, 3.05) is 21.3 Å². The smallest absolute Gasteiger partial charge is 0.347 e. The Balaban J connectivity index is 2.55. The molecule has 116 valence electrons. The first-order chi connectivity index (χ1) is 9.91. The molecule has 0 spiro atoms. The van der Waals surface area contributed by atoms with E-state index in [4.69, 9.17) is 9.47 Å². The van der Waals surface area contributed by atoms with Crippen LogP contribution in [0.5, 0.6) is 11.8 Å². The van der Waals surface area contributed by atoms with Gasteiger partial charge >= 0.3 is 5.97 Å². The Labute approximate surface area is 121 Å². The van der Waals surface area contributed by atoms with E-state index in [-0.39, 0.29) is 30.4 Å². The Kier molecular flexibility index (Phi) is 3.99. The lowest BCUT2D eigenvalue weighted by molar-refractivity contribution is -0.175. The normalized spacial score (nSPS) is 28.2. The topological polar surface area (TPSA) is 90.8 Å². The molecule has 0 aromatic carbocycles. The Hall–Kier alpha value is -1.96. The van der Waals surface area contributed by atoms with Crippen LogP contribution in [0.3, 0.4) is 0 Å². The number of hydrogen-bond donors (Lipinski definition) is 1. The van der Waals surface area contributed by atoms with Gasteiger partial charge in [0.15, 0.2) is 11.4 Å². The highest BCUT2D eigenvalue weighted by atomic mass is 19.1. The molecular formula is C13H17FN2O5. The third kappa shape index (κ3) is 2.29. The number of rotatable bonds is 4. The number of nitrogens with zero attached hydrogens (tertiary/aromatic N) is 2. The molecule has 1 aliphatic carbocycles. The monoisotopic (exact) mass is 300 g/mol. The van der Waals surface area contributed by atoms with E-state index in [1.54, 1.807) is 0 Å². The summed E-state index contributed by atoms with van der Waals surface area (Å²) in [7, 11) is 3.80. The van der Waals surface area contributed by atoms with Crippen molar-refractivity contribution in [3.63, 3.8) is 0 Å².